The van der Waals surface area contributed by atoms with E-state index in [1.807, 2.05) is 36.0 Å². The summed E-state index contributed by atoms with van der Waals surface area (Å²) in [4.78, 5) is 27.3. The minimum Gasteiger partial charge on any atom is -0.274 e. The Labute approximate surface area is 138 Å². The number of imide groups is 1. The predicted molar refractivity (Wildman–Crippen MR) is 93.2 cm³/mol. The van der Waals surface area contributed by atoms with Crippen LogP contribution in [0.15, 0.2) is 28.7 Å². The van der Waals surface area contributed by atoms with Crippen LogP contribution < -0.4 is 4.90 Å². The van der Waals surface area contributed by atoms with E-state index in [0.29, 0.717) is 10.6 Å². The first kappa shape index (κ1) is 15.3. The van der Waals surface area contributed by atoms with Gasteiger partial charge in [-0.15, -0.1) is 0 Å². The summed E-state index contributed by atoms with van der Waals surface area (Å²) in [6, 6.07) is 7.43. The smallest absolute Gasteiger partial charge is 0.238 e. The molecule has 0 radical (unpaired) electrons. The SMILES string of the molecule is C[Si](C)(C)[C@H]1SC[C@H]2C(=O)N(c3cccc(Br)c3)C(=O)[C@H]21. The van der Waals surface area contributed by atoms with E-state index in [1.54, 1.807) is 0 Å². The lowest BCUT2D eigenvalue weighted by molar-refractivity contribution is -0.122. The first-order chi connectivity index (χ1) is 9.80. The van der Waals surface area contributed by atoms with Crippen LogP contribution >= 0.6 is 27.7 Å². The summed E-state index contributed by atoms with van der Waals surface area (Å²) in [5.41, 5.74) is 0.688. The third kappa shape index (κ3) is 2.51. The van der Waals surface area contributed by atoms with Crippen molar-refractivity contribution in [2.45, 2.75) is 24.5 Å². The molecule has 0 N–H and O–H groups in total. The number of amides is 2. The number of halogens is 1. The average Bonchev–Trinajstić information content (AvgIpc) is 2.91. The molecule has 2 heterocycles. The molecule has 3 atom stereocenters. The van der Waals surface area contributed by atoms with E-state index in [1.165, 1.54) is 4.90 Å². The van der Waals surface area contributed by atoms with Gasteiger partial charge < -0.3 is 0 Å². The Morgan fingerprint density at radius 1 is 1.24 bits per heavy atom. The van der Waals surface area contributed by atoms with Crippen LogP contribution in [-0.4, -0.2) is 30.5 Å². The summed E-state index contributed by atoms with van der Waals surface area (Å²) in [7, 11) is -1.47. The molecular formula is C15H18BrNO2SSi. The van der Waals surface area contributed by atoms with Crippen LogP contribution in [0.25, 0.3) is 0 Å². The molecule has 2 amide bonds. The molecule has 2 fully saturated rings. The third-order valence-corrected chi connectivity index (χ3v) is 10.6. The lowest BCUT2D eigenvalue weighted by atomic mass is 9.99. The van der Waals surface area contributed by atoms with Crippen molar-refractivity contribution in [2.24, 2.45) is 11.8 Å². The van der Waals surface area contributed by atoms with Crippen molar-refractivity contribution < 1.29 is 9.59 Å². The monoisotopic (exact) mass is 383 g/mol. The predicted octanol–water partition coefficient (Wildman–Crippen LogP) is 3.55. The van der Waals surface area contributed by atoms with E-state index in [0.717, 1.165) is 10.2 Å². The van der Waals surface area contributed by atoms with Gasteiger partial charge in [0.15, 0.2) is 0 Å². The maximum absolute atomic E-state index is 12.9. The minimum absolute atomic E-state index is 0.000486. The van der Waals surface area contributed by atoms with Gasteiger partial charge in [0.25, 0.3) is 0 Å². The average molecular weight is 384 g/mol. The fourth-order valence-corrected chi connectivity index (χ4v) is 8.64. The molecule has 0 saturated carbocycles. The van der Waals surface area contributed by atoms with E-state index < -0.39 is 8.07 Å². The maximum atomic E-state index is 12.9. The molecule has 3 nitrogen and oxygen atoms in total. The summed E-state index contributed by atoms with van der Waals surface area (Å²) < 4.78 is 0.883. The Hall–Kier alpha value is -0.593. The van der Waals surface area contributed by atoms with Crippen LogP contribution in [-0.2, 0) is 9.59 Å². The second-order valence-corrected chi connectivity index (χ2v) is 14.6. The second kappa shape index (κ2) is 5.24. The summed E-state index contributed by atoms with van der Waals surface area (Å²) in [5, 5.41) is 0. The number of hydrogen-bond donors (Lipinski definition) is 0. The van der Waals surface area contributed by atoms with Gasteiger partial charge >= 0.3 is 0 Å². The molecule has 112 valence electrons. The van der Waals surface area contributed by atoms with E-state index in [2.05, 4.69) is 35.6 Å². The van der Waals surface area contributed by atoms with Gasteiger partial charge in [-0.25, -0.2) is 4.90 Å². The van der Waals surface area contributed by atoms with Gasteiger partial charge in [-0.1, -0.05) is 41.6 Å². The summed E-state index contributed by atoms with van der Waals surface area (Å²) >= 11 is 5.24. The molecule has 0 aliphatic carbocycles. The van der Waals surface area contributed by atoms with Crippen LogP contribution in [0.3, 0.4) is 0 Å². The number of carbonyl (C=O) groups is 2. The molecule has 2 aliphatic rings. The fraction of sp³-hybridized carbons (Fsp3) is 0.467. The largest absolute Gasteiger partial charge is 0.274 e. The Balaban J connectivity index is 1.97. The molecule has 1 aromatic rings. The standard InChI is InChI=1S/C15H18BrNO2SSi/c1-21(2,3)15-12-11(8-20-15)13(18)17(14(12)19)10-6-4-5-9(16)7-10/h4-7,11-12,15H,8H2,1-3H3/t11-,12+,15-/m1/s1. The van der Waals surface area contributed by atoms with Crippen LogP contribution in [0.1, 0.15) is 0 Å². The molecule has 1 aromatic carbocycles. The van der Waals surface area contributed by atoms with Gasteiger partial charge in [-0.05, 0) is 18.2 Å². The lowest BCUT2D eigenvalue weighted by Gasteiger charge is -2.28. The van der Waals surface area contributed by atoms with Crippen LogP contribution in [0.4, 0.5) is 5.69 Å². The van der Waals surface area contributed by atoms with Crippen LogP contribution in [0.5, 0.6) is 0 Å². The van der Waals surface area contributed by atoms with E-state index in [4.69, 9.17) is 0 Å². The van der Waals surface area contributed by atoms with Crippen LogP contribution in [0.2, 0.25) is 19.6 Å². The van der Waals surface area contributed by atoms with Crippen molar-refractivity contribution >= 4 is 53.3 Å². The molecule has 0 spiro atoms. The molecule has 3 rings (SSSR count). The van der Waals surface area contributed by atoms with Crippen molar-refractivity contribution in [1.29, 1.82) is 0 Å². The van der Waals surface area contributed by atoms with Gasteiger partial charge in [0.2, 0.25) is 11.8 Å². The number of thioether (sulfide) groups is 1. The highest BCUT2D eigenvalue weighted by Gasteiger charge is 2.57. The molecule has 6 heteroatoms. The van der Waals surface area contributed by atoms with Gasteiger partial charge in [0, 0.05) is 15.1 Å². The quantitative estimate of drug-likeness (QED) is 0.578. The van der Waals surface area contributed by atoms with Gasteiger partial charge in [-0.3, -0.25) is 9.59 Å². The summed E-state index contributed by atoms with van der Waals surface area (Å²) in [5.74, 6) is 0.525. The fourth-order valence-electron chi connectivity index (χ4n) is 3.23. The lowest BCUT2D eigenvalue weighted by Crippen LogP contribution is -2.43. The number of rotatable bonds is 2. The van der Waals surface area contributed by atoms with Crippen molar-refractivity contribution in [1.82, 2.24) is 0 Å². The number of anilines is 1. The normalized spacial score (nSPS) is 29.1. The highest BCUT2D eigenvalue weighted by molar-refractivity contribution is 9.10. The van der Waals surface area contributed by atoms with Gasteiger partial charge in [-0.2, -0.15) is 11.8 Å². The first-order valence-corrected chi connectivity index (χ1v) is 12.5. The summed E-state index contributed by atoms with van der Waals surface area (Å²) in [6.07, 6.45) is 0. The Morgan fingerprint density at radius 3 is 2.57 bits per heavy atom. The second-order valence-electron chi connectivity index (χ2n) is 6.74. The van der Waals surface area contributed by atoms with E-state index in [9.17, 15) is 9.59 Å². The first-order valence-electron chi connectivity index (χ1n) is 7.05. The van der Waals surface area contributed by atoms with Crippen molar-refractivity contribution in [3.8, 4) is 0 Å². The zero-order valence-electron chi connectivity index (χ0n) is 12.3. The number of benzene rings is 1. The molecular weight excluding hydrogens is 366 g/mol. The molecule has 0 bridgehead atoms. The number of fused-ring (bicyclic) bond motifs is 1. The molecule has 0 aromatic heterocycles. The number of hydrogen-bond acceptors (Lipinski definition) is 3. The van der Waals surface area contributed by atoms with Crippen molar-refractivity contribution in [3.05, 3.63) is 28.7 Å². The number of carbonyl (C=O) groups excluding carboxylic acids is 2. The van der Waals surface area contributed by atoms with Gasteiger partial charge in [0.05, 0.1) is 25.6 Å². The molecule has 2 saturated heterocycles. The summed E-state index contributed by atoms with van der Waals surface area (Å²) in [6.45, 7) is 6.85. The Morgan fingerprint density at radius 2 is 1.95 bits per heavy atom. The highest BCUT2D eigenvalue weighted by Crippen LogP contribution is 2.48. The minimum atomic E-state index is -1.47. The maximum Gasteiger partial charge on any atom is 0.238 e. The molecule has 21 heavy (non-hydrogen) atoms. The Bertz CT molecular complexity index is 616. The zero-order valence-corrected chi connectivity index (χ0v) is 15.7. The molecule has 2 aliphatic heterocycles. The highest BCUT2D eigenvalue weighted by atomic mass is 79.9. The van der Waals surface area contributed by atoms with Crippen molar-refractivity contribution in [3.63, 3.8) is 0 Å². The van der Waals surface area contributed by atoms with Crippen LogP contribution in [0, 0.1) is 11.8 Å². The number of nitrogens with zero attached hydrogens (tertiary/aromatic N) is 1. The third-order valence-electron chi connectivity index (χ3n) is 4.18. The topological polar surface area (TPSA) is 37.4 Å². The van der Waals surface area contributed by atoms with E-state index >= 15 is 0 Å². The molecule has 0 unspecified atom stereocenters. The Kier molecular flexibility index (Phi) is 3.82. The van der Waals surface area contributed by atoms with Crippen molar-refractivity contribution in [2.75, 3.05) is 10.7 Å². The van der Waals surface area contributed by atoms with Gasteiger partial charge in [0.1, 0.15) is 0 Å². The zero-order chi connectivity index (χ0) is 15.4. The van der Waals surface area contributed by atoms with E-state index in [-0.39, 0.29) is 23.7 Å².